The van der Waals surface area contributed by atoms with Crippen LogP contribution in [0.5, 0.6) is 0 Å². The Kier molecular flexibility index (Phi) is 3.74. The van der Waals surface area contributed by atoms with E-state index in [0.717, 1.165) is 5.56 Å². The van der Waals surface area contributed by atoms with E-state index in [-0.39, 0.29) is 13.2 Å². The minimum absolute atomic E-state index is 0.166. The minimum atomic E-state index is -1.65. The van der Waals surface area contributed by atoms with Gasteiger partial charge >= 0.3 is 0 Å². The summed E-state index contributed by atoms with van der Waals surface area (Å²) in [5.41, 5.74) is 1.85. The van der Waals surface area contributed by atoms with Crippen LogP contribution in [0.4, 0.5) is 0 Å². The van der Waals surface area contributed by atoms with Gasteiger partial charge in [-0.1, -0.05) is 12.1 Å². The van der Waals surface area contributed by atoms with Crippen LogP contribution >= 0.6 is 0 Å². The topological polar surface area (TPSA) is 120 Å². The molecule has 5 N–H and O–H groups in total. The maximum Gasteiger partial charge on any atom is 0.225 e. The average Bonchev–Trinajstić information content (AvgIpc) is 2.88. The van der Waals surface area contributed by atoms with Gasteiger partial charge in [0, 0.05) is 5.56 Å². The molecule has 0 aliphatic carbocycles. The van der Waals surface area contributed by atoms with Gasteiger partial charge in [0.15, 0.2) is 0 Å². The molecule has 0 saturated carbocycles. The Balaban J connectivity index is 2.06. The van der Waals surface area contributed by atoms with Crippen LogP contribution in [-0.2, 0) is 28.5 Å². The quantitative estimate of drug-likeness (QED) is 0.443. The molecule has 2 aliphatic rings. The second-order valence-corrected chi connectivity index (χ2v) is 5.37. The lowest BCUT2D eigenvalue weighted by Gasteiger charge is -2.46. The van der Waals surface area contributed by atoms with Crippen molar-refractivity contribution in [3.8, 4) is 0 Å². The van der Waals surface area contributed by atoms with Crippen LogP contribution in [0.2, 0.25) is 0 Å². The van der Waals surface area contributed by atoms with Gasteiger partial charge in [-0.25, -0.2) is 0 Å². The van der Waals surface area contributed by atoms with Gasteiger partial charge < -0.3 is 35.0 Å². The van der Waals surface area contributed by atoms with Crippen LogP contribution < -0.4 is 0 Å². The maximum atomic E-state index is 10.3. The third-order valence-corrected chi connectivity index (χ3v) is 4.12. The molecule has 116 valence electrons. The van der Waals surface area contributed by atoms with Gasteiger partial charge in [-0.2, -0.15) is 0 Å². The molecule has 1 saturated heterocycles. The van der Waals surface area contributed by atoms with E-state index < -0.39 is 36.8 Å². The van der Waals surface area contributed by atoms with E-state index in [0.29, 0.717) is 11.1 Å². The van der Waals surface area contributed by atoms with Crippen LogP contribution in [0, 0.1) is 0 Å². The maximum absolute atomic E-state index is 10.3. The first-order chi connectivity index (χ1) is 10.0. The van der Waals surface area contributed by atoms with Crippen LogP contribution in [-0.4, -0.2) is 56.6 Å². The summed E-state index contributed by atoms with van der Waals surface area (Å²) in [5.74, 6) is -1.65. The van der Waals surface area contributed by atoms with Crippen LogP contribution in [0.3, 0.4) is 0 Å². The molecule has 0 aromatic heterocycles. The fourth-order valence-corrected chi connectivity index (χ4v) is 2.92. The predicted molar refractivity (Wildman–Crippen MR) is 68.8 cm³/mol. The fraction of sp³-hybridized carbons (Fsp3) is 0.571. The number of rotatable bonds is 2. The summed E-state index contributed by atoms with van der Waals surface area (Å²) in [6.45, 7) is -0.543. The molecular formula is C14H18O7. The zero-order chi connectivity index (χ0) is 15.2. The first-order valence-electron chi connectivity index (χ1n) is 6.73. The zero-order valence-corrected chi connectivity index (χ0v) is 11.2. The standard InChI is InChI=1S/C14H18O7/c15-4-7-1-2-8-6-20-14(9(8)3-7)13(19)12(18)11(17)10(5-16)21-14/h1-3,10-13,15-19H,4-6H2/t10?,11?,12?,13?,14-/m0/s1. The summed E-state index contributed by atoms with van der Waals surface area (Å²) >= 11 is 0. The normalized spacial score (nSPS) is 38.7. The van der Waals surface area contributed by atoms with Crippen molar-refractivity contribution in [1.29, 1.82) is 0 Å². The van der Waals surface area contributed by atoms with Crippen molar-refractivity contribution in [2.45, 2.75) is 43.4 Å². The van der Waals surface area contributed by atoms with E-state index in [4.69, 9.17) is 9.47 Å². The van der Waals surface area contributed by atoms with E-state index in [9.17, 15) is 25.5 Å². The third-order valence-electron chi connectivity index (χ3n) is 4.12. The van der Waals surface area contributed by atoms with Gasteiger partial charge in [0.1, 0.15) is 24.4 Å². The molecule has 7 nitrogen and oxygen atoms in total. The van der Waals surface area contributed by atoms with Gasteiger partial charge in [-0.3, -0.25) is 0 Å². The first kappa shape index (κ1) is 14.9. The highest BCUT2D eigenvalue weighted by atomic mass is 16.7. The molecule has 4 unspecified atom stereocenters. The summed E-state index contributed by atoms with van der Waals surface area (Å²) in [6, 6.07) is 5.10. The highest BCUT2D eigenvalue weighted by Crippen LogP contribution is 2.45. The van der Waals surface area contributed by atoms with Crippen molar-refractivity contribution >= 4 is 0 Å². The van der Waals surface area contributed by atoms with E-state index >= 15 is 0 Å². The van der Waals surface area contributed by atoms with Gasteiger partial charge in [0.25, 0.3) is 0 Å². The lowest BCUT2D eigenvalue weighted by Crippen LogP contribution is -2.63. The lowest BCUT2D eigenvalue weighted by atomic mass is 9.87. The molecule has 2 heterocycles. The third kappa shape index (κ3) is 2.09. The summed E-state index contributed by atoms with van der Waals surface area (Å²) < 4.78 is 11.2. The molecule has 3 rings (SSSR count). The summed E-state index contributed by atoms with van der Waals surface area (Å²) in [6.07, 6.45) is -5.51. The largest absolute Gasteiger partial charge is 0.394 e. The van der Waals surface area contributed by atoms with Gasteiger partial charge in [-0.15, -0.1) is 0 Å². The molecule has 1 aromatic rings. The van der Waals surface area contributed by atoms with Crippen molar-refractivity contribution in [3.05, 3.63) is 34.9 Å². The smallest absolute Gasteiger partial charge is 0.225 e. The Labute approximate surface area is 121 Å². The fourth-order valence-electron chi connectivity index (χ4n) is 2.92. The first-order valence-corrected chi connectivity index (χ1v) is 6.73. The Morgan fingerprint density at radius 2 is 1.90 bits per heavy atom. The number of hydrogen-bond acceptors (Lipinski definition) is 7. The second kappa shape index (κ2) is 5.29. The number of aliphatic hydroxyl groups is 5. The predicted octanol–water partition coefficient (Wildman–Crippen LogP) is -1.66. The van der Waals surface area contributed by atoms with Crippen molar-refractivity contribution in [2.24, 2.45) is 0 Å². The van der Waals surface area contributed by atoms with E-state index in [2.05, 4.69) is 0 Å². The molecule has 1 spiro atoms. The minimum Gasteiger partial charge on any atom is -0.394 e. The van der Waals surface area contributed by atoms with Gasteiger partial charge in [0.05, 0.1) is 19.8 Å². The molecule has 0 radical (unpaired) electrons. The number of ether oxygens (including phenoxy) is 2. The number of fused-ring (bicyclic) bond motifs is 2. The Hall–Kier alpha value is -1.06. The SMILES string of the molecule is OCc1ccc2c(c1)[C@]1(OC2)OC(CO)C(O)C(O)C1O. The molecule has 1 fully saturated rings. The molecule has 1 aromatic carbocycles. The Morgan fingerprint density at radius 1 is 1.14 bits per heavy atom. The second-order valence-electron chi connectivity index (χ2n) is 5.37. The lowest BCUT2D eigenvalue weighted by molar-refractivity contribution is -0.368. The van der Waals surface area contributed by atoms with Crippen LogP contribution in [0.25, 0.3) is 0 Å². The van der Waals surface area contributed by atoms with E-state index in [1.54, 1.807) is 18.2 Å². The number of hydrogen-bond donors (Lipinski definition) is 5. The molecule has 21 heavy (non-hydrogen) atoms. The Bertz CT molecular complexity index is 532. The summed E-state index contributed by atoms with van der Waals surface area (Å²) in [4.78, 5) is 0. The molecule has 2 aliphatic heterocycles. The van der Waals surface area contributed by atoms with E-state index in [1.807, 2.05) is 0 Å². The van der Waals surface area contributed by atoms with Crippen molar-refractivity contribution < 1.29 is 35.0 Å². The molecular weight excluding hydrogens is 280 g/mol. The molecule has 7 heteroatoms. The zero-order valence-electron chi connectivity index (χ0n) is 11.2. The highest BCUT2D eigenvalue weighted by molar-refractivity contribution is 5.39. The summed E-state index contributed by atoms with van der Waals surface area (Å²) in [5, 5.41) is 48.7. The van der Waals surface area contributed by atoms with Gasteiger partial charge in [-0.05, 0) is 17.2 Å². The molecule has 5 atom stereocenters. The molecule has 0 amide bonds. The van der Waals surface area contributed by atoms with Crippen molar-refractivity contribution in [3.63, 3.8) is 0 Å². The molecule has 0 bridgehead atoms. The monoisotopic (exact) mass is 298 g/mol. The number of aliphatic hydroxyl groups excluding tert-OH is 5. The Morgan fingerprint density at radius 3 is 2.57 bits per heavy atom. The van der Waals surface area contributed by atoms with Crippen molar-refractivity contribution in [1.82, 2.24) is 0 Å². The number of benzene rings is 1. The summed E-state index contributed by atoms with van der Waals surface area (Å²) in [7, 11) is 0. The van der Waals surface area contributed by atoms with Crippen molar-refractivity contribution in [2.75, 3.05) is 6.61 Å². The van der Waals surface area contributed by atoms with Crippen LogP contribution in [0.15, 0.2) is 18.2 Å². The average molecular weight is 298 g/mol. The van der Waals surface area contributed by atoms with Crippen LogP contribution in [0.1, 0.15) is 16.7 Å². The van der Waals surface area contributed by atoms with Gasteiger partial charge in [0.2, 0.25) is 5.79 Å². The highest BCUT2D eigenvalue weighted by Gasteiger charge is 2.58. The van der Waals surface area contributed by atoms with E-state index in [1.165, 1.54) is 0 Å².